The van der Waals surface area contributed by atoms with Gasteiger partial charge in [-0.3, -0.25) is 4.79 Å². The third kappa shape index (κ3) is 3.51. The van der Waals surface area contributed by atoms with E-state index in [1.165, 1.54) is 4.90 Å². The minimum atomic E-state index is -0.478. The Kier molecular flexibility index (Phi) is 4.53. The van der Waals surface area contributed by atoms with Crippen LogP contribution >= 0.6 is 11.8 Å². The van der Waals surface area contributed by atoms with Gasteiger partial charge in [-0.05, 0) is 55.7 Å². The Hall–Kier alpha value is -1.00. The molecule has 1 aromatic rings. The van der Waals surface area contributed by atoms with Crippen LogP contribution in [0.25, 0.3) is 0 Å². The van der Waals surface area contributed by atoms with Crippen molar-refractivity contribution in [3.8, 4) is 0 Å². The van der Waals surface area contributed by atoms with Crippen LogP contribution < -0.4 is 5.32 Å². The fourth-order valence-corrected chi connectivity index (χ4v) is 2.85. The first-order valence-electron chi connectivity index (χ1n) is 6.75. The summed E-state index contributed by atoms with van der Waals surface area (Å²) in [6, 6.07) is 7.63. The van der Waals surface area contributed by atoms with E-state index in [0.717, 1.165) is 18.6 Å². The van der Waals surface area contributed by atoms with Crippen LogP contribution in [0.2, 0.25) is 0 Å². The van der Waals surface area contributed by atoms with Gasteiger partial charge >= 0.3 is 0 Å². The van der Waals surface area contributed by atoms with E-state index in [4.69, 9.17) is 0 Å². The Morgan fingerprint density at radius 3 is 2.53 bits per heavy atom. The molecule has 1 atom stereocenters. The smallest absolute Gasteiger partial charge is 0.251 e. The molecule has 0 heterocycles. The molecule has 0 bridgehead atoms. The topological polar surface area (TPSA) is 49.3 Å². The summed E-state index contributed by atoms with van der Waals surface area (Å²) in [4.78, 5) is 13.4. The van der Waals surface area contributed by atoms with Gasteiger partial charge in [0.2, 0.25) is 0 Å². The molecule has 2 rings (SSSR count). The van der Waals surface area contributed by atoms with Gasteiger partial charge in [0, 0.05) is 10.5 Å². The van der Waals surface area contributed by atoms with Crippen molar-refractivity contribution in [1.29, 1.82) is 0 Å². The first-order valence-corrected chi connectivity index (χ1v) is 7.74. The summed E-state index contributed by atoms with van der Waals surface area (Å²) in [6.07, 6.45) is 2.17. The van der Waals surface area contributed by atoms with Crippen LogP contribution in [-0.4, -0.2) is 28.9 Å². The van der Waals surface area contributed by atoms with Gasteiger partial charge in [0.25, 0.3) is 5.91 Å². The number of carbonyl (C=O) groups excluding carboxylic acids is 1. The van der Waals surface area contributed by atoms with Crippen molar-refractivity contribution in [1.82, 2.24) is 5.32 Å². The Morgan fingerprint density at radius 2 is 2.05 bits per heavy atom. The molecule has 0 saturated heterocycles. The number of benzene rings is 1. The van der Waals surface area contributed by atoms with E-state index >= 15 is 0 Å². The normalized spacial score (nSPS) is 17.8. The maximum atomic E-state index is 12.2. The predicted octanol–water partition coefficient (Wildman–Crippen LogP) is 2.69. The zero-order valence-electron chi connectivity index (χ0n) is 11.5. The number of hydrogen-bond acceptors (Lipinski definition) is 3. The number of rotatable bonds is 6. The molecule has 19 heavy (non-hydrogen) atoms. The monoisotopic (exact) mass is 279 g/mol. The van der Waals surface area contributed by atoms with Gasteiger partial charge in [0.1, 0.15) is 0 Å². The summed E-state index contributed by atoms with van der Waals surface area (Å²) in [5.74, 6) is 1.34. The Bertz CT molecular complexity index is 442. The number of carbonyl (C=O) groups is 1. The number of aliphatic hydroxyl groups is 1. The van der Waals surface area contributed by atoms with Gasteiger partial charge < -0.3 is 10.4 Å². The highest BCUT2D eigenvalue weighted by Crippen LogP contribution is 2.39. The molecule has 0 spiro atoms. The second-order valence-corrected chi connectivity index (χ2v) is 6.60. The fraction of sp³-hybridized carbons (Fsp3) is 0.533. The highest BCUT2D eigenvalue weighted by molar-refractivity contribution is 7.99. The molecule has 4 heteroatoms. The molecule has 0 aliphatic heterocycles. The van der Waals surface area contributed by atoms with Gasteiger partial charge in [0.15, 0.2) is 0 Å². The molecule has 0 aromatic heterocycles. The third-order valence-corrected chi connectivity index (χ3v) is 4.53. The molecular weight excluding hydrogens is 258 g/mol. The van der Waals surface area contributed by atoms with Crippen LogP contribution in [0.3, 0.4) is 0 Å². The summed E-state index contributed by atoms with van der Waals surface area (Å²) < 4.78 is 0. The van der Waals surface area contributed by atoms with Crippen molar-refractivity contribution in [3.63, 3.8) is 0 Å². The average Bonchev–Trinajstić information content (AvgIpc) is 3.24. The van der Waals surface area contributed by atoms with Crippen molar-refractivity contribution < 1.29 is 9.90 Å². The number of aliphatic hydroxyl groups excluding tert-OH is 1. The van der Waals surface area contributed by atoms with E-state index in [-0.39, 0.29) is 12.5 Å². The molecule has 2 N–H and O–H groups in total. The van der Waals surface area contributed by atoms with Gasteiger partial charge in [-0.15, -0.1) is 11.8 Å². The van der Waals surface area contributed by atoms with Crippen molar-refractivity contribution in [3.05, 3.63) is 29.8 Å². The van der Waals surface area contributed by atoms with E-state index in [9.17, 15) is 9.90 Å². The van der Waals surface area contributed by atoms with Crippen LogP contribution in [0.5, 0.6) is 0 Å². The lowest BCUT2D eigenvalue weighted by atomic mass is 9.96. The summed E-state index contributed by atoms with van der Waals surface area (Å²) in [5.41, 5.74) is 0.175. The summed E-state index contributed by atoms with van der Waals surface area (Å²) >= 11 is 1.76. The quantitative estimate of drug-likeness (QED) is 0.787. The number of hydrogen-bond donors (Lipinski definition) is 2. The Morgan fingerprint density at radius 1 is 1.42 bits per heavy atom. The minimum absolute atomic E-state index is 0.00677. The second-order valence-electron chi connectivity index (χ2n) is 5.26. The molecule has 0 radical (unpaired) electrons. The first kappa shape index (κ1) is 14.4. The molecule has 1 saturated carbocycles. The second kappa shape index (κ2) is 5.97. The van der Waals surface area contributed by atoms with E-state index in [1.807, 2.05) is 31.2 Å². The third-order valence-electron chi connectivity index (χ3n) is 3.63. The zero-order chi connectivity index (χ0) is 13.9. The summed E-state index contributed by atoms with van der Waals surface area (Å²) in [7, 11) is 0. The van der Waals surface area contributed by atoms with Crippen molar-refractivity contribution in [2.45, 2.75) is 37.1 Å². The van der Waals surface area contributed by atoms with Gasteiger partial charge in [-0.1, -0.05) is 6.92 Å². The van der Waals surface area contributed by atoms with E-state index < -0.39 is 5.54 Å². The Labute approximate surface area is 118 Å². The standard InChI is InChI=1S/C15H21NO2S/c1-3-19-13-8-4-11(5-9-13)14(18)16-15(2,10-17)12-6-7-12/h4-5,8-9,12,17H,3,6-7,10H2,1-2H3,(H,16,18). The maximum absolute atomic E-state index is 12.2. The molecule has 1 aliphatic carbocycles. The highest BCUT2D eigenvalue weighted by atomic mass is 32.2. The number of thioether (sulfide) groups is 1. The van der Waals surface area contributed by atoms with E-state index in [1.54, 1.807) is 11.8 Å². The van der Waals surface area contributed by atoms with Crippen molar-refractivity contribution in [2.75, 3.05) is 12.4 Å². The SMILES string of the molecule is CCSc1ccc(C(=O)NC(C)(CO)C2CC2)cc1. The molecule has 3 nitrogen and oxygen atoms in total. The molecule has 1 aromatic carbocycles. The molecule has 1 amide bonds. The van der Waals surface area contributed by atoms with Crippen molar-refractivity contribution >= 4 is 17.7 Å². The molecule has 1 unspecified atom stereocenters. The number of amides is 1. The van der Waals surface area contributed by atoms with Crippen LogP contribution in [-0.2, 0) is 0 Å². The average molecular weight is 279 g/mol. The number of nitrogens with one attached hydrogen (secondary N) is 1. The van der Waals surface area contributed by atoms with E-state index in [2.05, 4.69) is 12.2 Å². The van der Waals surface area contributed by atoms with Gasteiger partial charge in [-0.2, -0.15) is 0 Å². The lowest BCUT2D eigenvalue weighted by Crippen LogP contribution is -2.50. The fourth-order valence-electron chi connectivity index (χ4n) is 2.19. The van der Waals surface area contributed by atoms with E-state index in [0.29, 0.717) is 11.5 Å². The Balaban J connectivity index is 2.02. The van der Waals surface area contributed by atoms with Crippen molar-refractivity contribution in [2.24, 2.45) is 5.92 Å². The lowest BCUT2D eigenvalue weighted by Gasteiger charge is -2.28. The highest BCUT2D eigenvalue weighted by Gasteiger charge is 2.42. The maximum Gasteiger partial charge on any atom is 0.251 e. The lowest BCUT2D eigenvalue weighted by molar-refractivity contribution is 0.0824. The van der Waals surface area contributed by atoms with Crippen LogP contribution in [0.15, 0.2) is 29.2 Å². The van der Waals surface area contributed by atoms with Gasteiger partial charge in [0.05, 0.1) is 12.1 Å². The van der Waals surface area contributed by atoms with Crippen LogP contribution in [0.4, 0.5) is 0 Å². The largest absolute Gasteiger partial charge is 0.394 e. The predicted molar refractivity (Wildman–Crippen MR) is 78.5 cm³/mol. The zero-order valence-corrected chi connectivity index (χ0v) is 12.3. The van der Waals surface area contributed by atoms with Gasteiger partial charge in [-0.25, -0.2) is 0 Å². The summed E-state index contributed by atoms with van der Waals surface area (Å²) in [5, 5.41) is 12.5. The minimum Gasteiger partial charge on any atom is -0.394 e. The molecule has 1 fully saturated rings. The molecule has 1 aliphatic rings. The summed E-state index contributed by atoms with van der Waals surface area (Å²) in [6.45, 7) is 4.02. The first-order chi connectivity index (χ1) is 9.09. The molecular formula is C15H21NO2S. The van der Waals surface area contributed by atoms with Crippen LogP contribution in [0.1, 0.15) is 37.0 Å². The molecule has 104 valence electrons. The van der Waals surface area contributed by atoms with Crippen LogP contribution in [0, 0.1) is 5.92 Å².